The van der Waals surface area contributed by atoms with Crippen molar-refractivity contribution in [1.29, 1.82) is 5.26 Å². The third kappa shape index (κ3) is 2.52. The summed E-state index contributed by atoms with van der Waals surface area (Å²) >= 11 is 6.95. The highest BCUT2D eigenvalue weighted by atomic mass is 35.5. The van der Waals surface area contributed by atoms with Crippen LogP contribution in [0.5, 0.6) is 0 Å². The van der Waals surface area contributed by atoms with Crippen molar-refractivity contribution >= 4 is 28.7 Å². The van der Waals surface area contributed by atoms with Gasteiger partial charge in [-0.05, 0) is 23.8 Å². The number of nitriles is 1. The number of carbonyl (C=O) groups excluding carboxylic acids is 1. The quantitative estimate of drug-likeness (QED) is 0.798. The normalized spacial score (nSPS) is 11.8. The predicted molar refractivity (Wildman–Crippen MR) is 66.3 cm³/mol. The lowest BCUT2D eigenvalue weighted by Crippen LogP contribution is -2.09. The maximum atomic E-state index is 12.1. The summed E-state index contributed by atoms with van der Waals surface area (Å²) in [4.78, 5) is 16.5. The predicted octanol–water partition coefficient (Wildman–Crippen LogP) is 3.29. The highest BCUT2D eigenvalue weighted by Gasteiger charge is 2.23. The molecule has 0 saturated carbocycles. The maximum Gasteiger partial charge on any atom is 0.194 e. The lowest BCUT2D eigenvalue weighted by Gasteiger charge is -2.05. The van der Waals surface area contributed by atoms with E-state index >= 15 is 0 Å². The molecule has 0 fully saturated rings. The van der Waals surface area contributed by atoms with Gasteiger partial charge < -0.3 is 0 Å². The second kappa shape index (κ2) is 5.09. The molecule has 1 atom stereocenters. The third-order valence-electron chi connectivity index (χ3n) is 2.23. The smallest absolute Gasteiger partial charge is 0.194 e. The maximum absolute atomic E-state index is 12.1. The van der Waals surface area contributed by atoms with E-state index in [2.05, 4.69) is 4.98 Å². The standard InChI is InChI=1S/C12H7ClN2OS/c13-11-4-3-10(17-11)12(16)9(6-14)8-2-1-5-15-7-8/h1-5,7,9H. The van der Waals surface area contributed by atoms with Crippen LogP contribution in [0.1, 0.15) is 21.2 Å². The second-order valence-electron chi connectivity index (χ2n) is 3.32. The van der Waals surface area contributed by atoms with E-state index in [0.717, 1.165) is 0 Å². The monoisotopic (exact) mass is 262 g/mol. The van der Waals surface area contributed by atoms with Gasteiger partial charge in [-0.2, -0.15) is 5.26 Å². The lowest BCUT2D eigenvalue weighted by molar-refractivity contribution is 0.0982. The summed E-state index contributed by atoms with van der Waals surface area (Å²) in [5.41, 5.74) is 0.601. The van der Waals surface area contributed by atoms with Crippen LogP contribution in [-0.4, -0.2) is 10.8 Å². The number of Topliss-reactive ketones (excluding diaryl/α,β-unsaturated/α-hetero) is 1. The molecule has 3 nitrogen and oxygen atoms in total. The number of ketones is 1. The van der Waals surface area contributed by atoms with Crippen molar-refractivity contribution < 1.29 is 4.79 Å². The van der Waals surface area contributed by atoms with Crippen molar-refractivity contribution in [2.45, 2.75) is 5.92 Å². The Bertz CT molecular complexity index is 574. The number of nitrogens with zero attached hydrogens (tertiary/aromatic N) is 2. The van der Waals surface area contributed by atoms with Crippen LogP contribution in [0.2, 0.25) is 4.34 Å². The SMILES string of the molecule is N#CC(C(=O)c1ccc(Cl)s1)c1cccnc1. The largest absolute Gasteiger partial charge is 0.291 e. The molecule has 0 N–H and O–H groups in total. The molecule has 1 unspecified atom stereocenters. The summed E-state index contributed by atoms with van der Waals surface area (Å²) in [7, 11) is 0. The molecular weight excluding hydrogens is 256 g/mol. The average molecular weight is 263 g/mol. The Labute approximate surface area is 107 Å². The molecule has 84 valence electrons. The lowest BCUT2D eigenvalue weighted by atomic mass is 9.97. The minimum Gasteiger partial charge on any atom is -0.291 e. The van der Waals surface area contributed by atoms with Crippen molar-refractivity contribution in [2.24, 2.45) is 0 Å². The zero-order valence-corrected chi connectivity index (χ0v) is 10.2. The van der Waals surface area contributed by atoms with Gasteiger partial charge in [0.2, 0.25) is 0 Å². The van der Waals surface area contributed by atoms with E-state index in [1.54, 1.807) is 30.5 Å². The molecule has 5 heteroatoms. The number of halogens is 1. The molecule has 2 aromatic rings. The number of aromatic nitrogens is 1. The van der Waals surface area contributed by atoms with E-state index in [-0.39, 0.29) is 5.78 Å². The van der Waals surface area contributed by atoms with Crippen LogP contribution in [0.15, 0.2) is 36.7 Å². The van der Waals surface area contributed by atoms with E-state index in [0.29, 0.717) is 14.8 Å². The highest BCUT2D eigenvalue weighted by Crippen LogP contribution is 2.27. The zero-order chi connectivity index (χ0) is 12.3. The van der Waals surface area contributed by atoms with Crippen LogP contribution in [0, 0.1) is 11.3 Å². The van der Waals surface area contributed by atoms with Crippen molar-refractivity contribution in [3.63, 3.8) is 0 Å². The van der Waals surface area contributed by atoms with Crippen molar-refractivity contribution in [3.05, 3.63) is 51.4 Å². The van der Waals surface area contributed by atoms with E-state index in [1.807, 2.05) is 6.07 Å². The zero-order valence-electron chi connectivity index (χ0n) is 8.63. The second-order valence-corrected chi connectivity index (χ2v) is 5.03. The van der Waals surface area contributed by atoms with Crippen LogP contribution in [0.25, 0.3) is 0 Å². The van der Waals surface area contributed by atoms with Crippen LogP contribution in [0.3, 0.4) is 0 Å². The van der Waals surface area contributed by atoms with Gasteiger partial charge in [-0.1, -0.05) is 17.7 Å². The fraction of sp³-hybridized carbons (Fsp3) is 0.0833. The van der Waals surface area contributed by atoms with Gasteiger partial charge in [-0.3, -0.25) is 9.78 Å². The molecule has 0 aliphatic carbocycles. The third-order valence-corrected chi connectivity index (χ3v) is 3.47. The van der Waals surface area contributed by atoms with E-state index < -0.39 is 5.92 Å². The number of carbonyl (C=O) groups is 1. The fourth-order valence-electron chi connectivity index (χ4n) is 1.42. The Kier molecular flexibility index (Phi) is 3.52. The van der Waals surface area contributed by atoms with Gasteiger partial charge in [0, 0.05) is 12.4 Å². The molecule has 0 amide bonds. The highest BCUT2D eigenvalue weighted by molar-refractivity contribution is 7.18. The number of rotatable bonds is 3. The molecule has 0 aliphatic heterocycles. The Morgan fingerprint density at radius 1 is 1.47 bits per heavy atom. The summed E-state index contributed by atoms with van der Waals surface area (Å²) in [6.45, 7) is 0. The minimum atomic E-state index is -0.821. The first-order valence-electron chi connectivity index (χ1n) is 4.81. The Morgan fingerprint density at radius 2 is 2.29 bits per heavy atom. The first-order chi connectivity index (χ1) is 8.22. The van der Waals surface area contributed by atoms with Crippen LogP contribution >= 0.6 is 22.9 Å². The topological polar surface area (TPSA) is 53.8 Å². The molecule has 0 aliphatic rings. The summed E-state index contributed by atoms with van der Waals surface area (Å²) in [6, 6.07) is 8.70. The van der Waals surface area contributed by atoms with E-state index in [4.69, 9.17) is 16.9 Å². The Hall–Kier alpha value is -1.70. The summed E-state index contributed by atoms with van der Waals surface area (Å²) in [5, 5.41) is 9.09. The molecule has 0 bridgehead atoms. The molecule has 0 spiro atoms. The van der Waals surface area contributed by atoms with Gasteiger partial charge in [0.05, 0.1) is 15.3 Å². The number of hydrogen-bond donors (Lipinski definition) is 0. The molecule has 0 saturated heterocycles. The van der Waals surface area contributed by atoms with Gasteiger partial charge in [-0.15, -0.1) is 11.3 Å². The molecule has 2 heterocycles. The van der Waals surface area contributed by atoms with Crippen molar-refractivity contribution in [3.8, 4) is 6.07 Å². The van der Waals surface area contributed by atoms with Crippen LogP contribution < -0.4 is 0 Å². The summed E-state index contributed by atoms with van der Waals surface area (Å²) in [5.74, 6) is -1.06. The van der Waals surface area contributed by atoms with Crippen LogP contribution in [-0.2, 0) is 0 Å². The van der Waals surface area contributed by atoms with Crippen molar-refractivity contribution in [1.82, 2.24) is 4.98 Å². The first kappa shape index (κ1) is 11.8. The molecule has 0 aromatic carbocycles. The Balaban J connectivity index is 2.32. The number of pyridine rings is 1. The Morgan fingerprint density at radius 3 is 2.82 bits per heavy atom. The minimum absolute atomic E-state index is 0.239. The molecule has 0 radical (unpaired) electrons. The van der Waals surface area contributed by atoms with Gasteiger partial charge in [0.1, 0.15) is 5.92 Å². The van der Waals surface area contributed by atoms with Crippen LogP contribution in [0.4, 0.5) is 0 Å². The number of hydrogen-bond acceptors (Lipinski definition) is 4. The van der Waals surface area contributed by atoms with Crippen molar-refractivity contribution in [2.75, 3.05) is 0 Å². The summed E-state index contributed by atoms with van der Waals surface area (Å²) in [6.07, 6.45) is 3.13. The van der Waals surface area contributed by atoms with E-state index in [9.17, 15) is 4.79 Å². The fourth-order valence-corrected chi connectivity index (χ4v) is 2.43. The number of thiophene rings is 1. The molecular formula is C12H7ClN2OS. The van der Waals surface area contributed by atoms with Gasteiger partial charge in [-0.25, -0.2) is 0 Å². The first-order valence-corrected chi connectivity index (χ1v) is 6.01. The average Bonchev–Trinajstić information content (AvgIpc) is 2.78. The summed E-state index contributed by atoms with van der Waals surface area (Å²) < 4.78 is 0.538. The van der Waals surface area contributed by atoms with Gasteiger partial charge in [0.25, 0.3) is 0 Å². The molecule has 2 aromatic heterocycles. The molecule has 2 rings (SSSR count). The van der Waals surface area contributed by atoms with Gasteiger partial charge in [0.15, 0.2) is 5.78 Å². The van der Waals surface area contributed by atoms with Gasteiger partial charge >= 0.3 is 0 Å². The molecule has 17 heavy (non-hydrogen) atoms. The van der Waals surface area contributed by atoms with E-state index in [1.165, 1.54) is 17.5 Å².